The first-order valence-corrected chi connectivity index (χ1v) is 16.6. The first-order valence-electron chi connectivity index (χ1n) is 14.9. The Bertz CT molecular complexity index is 1770. The van der Waals surface area contributed by atoms with Gasteiger partial charge < -0.3 is 25.1 Å². The van der Waals surface area contributed by atoms with E-state index in [0.29, 0.717) is 46.1 Å². The third-order valence-electron chi connectivity index (χ3n) is 7.55. The largest absolute Gasteiger partial charge is 0.618 e. The third kappa shape index (κ3) is 7.96. The van der Waals surface area contributed by atoms with Crippen molar-refractivity contribution in [3.8, 4) is 16.9 Å². The Balaban J connectivity index is 1.29. The van der Waals surface area contributed by atoms with Gasteiger partial charge in [0.25, 0.3) is 5.91 Å². The lowest BCUT2D eigenvalue weighted by Gasteiger charge is -2.12. The fourth-order valence-corrected chi connectivity index (χ4v) is 6.47. The topological polar surface area (TPSA) is 129 Å². The first-order chi connectivity index (χ1) is 21.7. The predicted molar refractivity (Wildman–Crippen MR) is 172 cm³/mol. The van der Waals surface area contributed by atoms with Crippen LogP contribution in [-0.2, 0) is 19.4 Å². The number of benzene rings is 3. The fraction of sp³-hybridized carbons (Fsp3) is 0.257. The molecule has 234 valence electrons. The highest BCUT2D eigenvalue weighted by molar-refractivity contribution is 7.91. The van der Waals surface area contributed by atoms with E-state index in [4.69, 9.17) is 9.47 Å². The maximum Gasteiger partial charge on any atom is 0.251 e. The van der Waals surface area contributed by atoms with Gasteiger partial charge in [-0.2, -0.15) is 4.73 Å². The van der Waals surface area contributed by atoms with Crippen molar-refractivity contribution in [1.82, 2.24) is 0 Å². The molecule has 0 spiro atoms. The Morgan fingerprint density at radius 2 is 1.73 bits per heavy atom. The standard InChI is InChI=1S/C35H36N2O7S/c1-2-3-19-43-20-21-44-31-14-9-25(10-15-31)27-11-16-33-29(23-27)24-28(17-22-45(33,41)42)35(39)36-30-12-7-26(8-13-30)34(38)32-6-4-5-18-37(32)40/h4-16,18,23-24,34,38H,2-3,17,19-22H2,1H3,(H,36,39). The van der Waals surface area contributed by atoms with Crippen LogP contribution in [0.25, 0.3) is 17.2 Å². The minimum Gasteiger partial charge on any atom is -0.618 e. The molecule has 3 aromatic carbocycles. The van der Waals surface area contributed by atoms with Gasteiger partial charge in [-0.05, 0) is 83.6 Å². The van der Waals surface area contributed by atoms with Crippen molar-refractivity contribution in [1.29, 1.82) is 0 Å². The smallest absolute Gasteiger partial charge is 0.251 e. The molecule has 0 bridgehead atoms. The van der Waals surface area contributed by atoms with E-state index < -0.39 is 21.8 Å². The van der Waals surface area contributed by atoms with E-state index >= 15 is 0 Å². The highest BCUT2D eigenvalue weighted by Crippen LogP contribution is 2.32. The Kier molecular flexibility index (Phi) is 10.3. The number of amides is 1. The molecular weight excluding hydrogens is 592 g/mol. The highest BCUT2D eigenvalue weighted by atomic mass is 32.2. The van der Waals surface area contributed by atoms with Crippen LogP contribution < -0.4 is 14.8 Å². The summed E-state index contributed by atoms with van der Waals surface area (Å²) in [5, 5.41) is 25.5. The molecule has 1 aliphatic rings. The molecular formula is C35H36N2O7S. The number of ether oxygens (including phenoxy) is 2. The molecule has 1 atom stereocenters. The van der Waals surface area contributed by atoms with Crippen LogP contribution in [0.5, 0.6) is 5.75 Å². The molecule has 5 rings (SSSR count). The van der Waals surface area contributed by atoms with Crippen molar-refractivity contribution in [3.63, 3.8) is 0 Å². The van der Waals surface area contributed by atoms with E-state index in [2.05, 4.69) is 12.2 Å². The summed E-state index contributed by atoms with van der Waals surface area (Å²) in [6, 6.07) is 24.0. The summed E-state index contributed by atoms with van der Waals surface area (Å²) in [6.07, 6.45) is 3.98. The normalized spacial score (nSPS) is 14.5. The van der Waals surface area contributed by atoms with Gasteiger partial charge in [-0.1, -0.05) is 43.7 Å². The van der Waals surface area contributed by atoms with E-state index in [0.717, 1.165) is 30.6 Å². The third-order valence-corrected chi connectivity index (χ3v) is 9.33. The van der Waals surface area contributed by atoms with Crippen molar-refractivity contribution in [2.45, 2.75) is 37.2 Å². The van der Waals surface area contributed by atoms with Crippen LogP contribution in [0, 0.1) is 5.21 Å². The van der Waals surface area contributed by atoms with Gasteiger partial charge in [0.15, 0.2) is 22.1 Å². The number of hydrogen-bond acceptors (Lipinski definition) is 7. The summed E-state index contributed by atoms with van der Waals surface area (Å²) in [5.41, 5.74) is 3.61. The number of carbonyl (C=O) groups is 1. The van der Waals surface area contributed by atoms with Gasteiger partial charge in [-0.25, -0.2) is 8.42 Å². The van der Waals surface area contributed by atoms with Crippen LogP contribution in [0.3, 0.4) is 0 Å². The van der Waals surface area contributed by atoms with Gasteiger partial charge in [0.1, 0.15) is 12.4 Å². The molecule has 2 N–H and O–H groups in total. The molecule has 0 fully saturated rings. The van der Waals surface area contributed by atoms with Gasteiger partial charge in [0, 0.05) is 30.0 Å². The van der Waals surface area contributed by atoms with Crippen molar-refractivity contribution in [3.05, 3.63) is 119 Å². The summed E-state index contributed by atoms with van der Waals surface area (Å²) < 4.78 is 38.1. The van der Waals surface area contributed by atoms with Crippen molar-refractivity contribution in [2.75, 3.05) is 30.9 Å². The highest BCUT2D eigenvalue weighted by Gasteiger charge is 2.25. The molecule has 45 heavy (non-hydrogen) atoms. The summed E-state index contributed by atoms with van der Waals surface area (Å²) >= 11 is 0. The van der Waals surface area contributed by atoms with Crippen LogP contribution in [0.2, 0.25) is 0 Å². The van der Waals surface area contributed by atoms with E-state index in [1.807, 2.05) is 24.3 Å². The summed E-state index contributed by atoms with van der Waals surface area (Å²) in [7, 11) is -3.61. The lowest BCUT2D eigenvalue weighted by atomic mass is 10.0. The number of carbonyl (C=O) groups excluding carboxylic acids is 1. The second kappa shape index (κ2) is 14.5. The number of aliphatic hydroxyl groups is 1. The lowest BCUT2D eigenvalue weighted by Crippen LogP contribution is -2.32. The Morgan fingerprint density at radius 3 is 2.47 bits per heavy atom. The number of anilines is 1. The zero-order chi connectivity index (χ0) is 31.8. The average molecular weight is 629 g/mol. The molecule has 0 radical (unpaired) electrons. The van der Waals surface area contributed by atoms with Crippen LogP contribution in [0.15, 0.2) is 102 Å². The molecule has 1 aromatic heterocycles. The number of nitrogens with zero attached hydrogens (tertiary/aromatic N) is 1. The maximum atomic E-state index is 13.3. The average Bonchev–Trinajstić information content (AvgIpc) is 3.18. The quantitative estimate of drug-likeness (QED) is 0.121. The Labute approximate surface area is 263 Å². The lowest BCUT2D eigenvalue weighted by molar-refractivity contribution is -0.617. The summed E-state index contributed by atoms with van der Waals surface area (Å²) in [5.74, 6) is 0.104. The van der Waals surface area contributed by atoms with Gasteiger partial charge in [0.2, 0.25) is 5.69 Å². The number of sulfone groups is 1. The van der Waals surface area contributed by atoms with Crippen molar-refractivity contribution in [2.24, 2.45) is 0 Å². The molecule has 10 heteroatoms. The molecule has 4 aromatic rings. The van der Waals surface area contributed by atoms with Gasteiger partial charge >= 0.3 is 0 Å². The molecule has 1 aliphatic heterocycles. The van der Waals surface area contributed by atoms with Gasteiger partial charge in [-0.15, -0.1) is 0 Å². The summed E-state index contributed by atoms with van der Waals surface area (Å²) in [6.45, 7) is 3.82. The van der Waals surface area contributed by atoms with Crippen LogP contribution in [0.1, 0.15) is 49.1 Å². The minimum absolute atomic E-state index is 0.0562. The zero-order valence-corrected chi connectivity index (χ0v) is 25.8. The fourth-order valence-electron chi connectivity index (χ4n) is 5.01. The zero-order valence-electron chi connectivity index (χ0n) is 25.0. The predicted octanol–water partition coefficient (Wildman–Crippen LogP) is 5.46. The van der Waals surface area contributed by atoms with Gasteiger partial charge in [-0.3, -0.25) is 4.79 Å². The molecule has 1 amide bonds. The maximum absolute atomic E-state index is 13.3. The number of nitrogens with one attached hydrogen (secondary N) is 1. The number of rotatable bonds is 12. The Hall–Kier alpha value is -4.51. The monoisotopic (exact) mass is 628 g/mol. The second-order valence-electron chi connectivity index (χ2n) is 10.8. The number of fused-ring (bicyclic) bond motifs is 1. The number of pyridine rings is 1. The number of aliphatic hydroxyl groups excluding tert-OH is 1. The molecule has 0 saturated heterocycles. The number of aromatic nitrogens is 1. The van der Waals surface area contributed by atoms with E-state index in [1.165, 1.54) is 6.20 Å². The van der Waals surface area contributed by atoms with E-state index in [-0.39, 0.29) is 22.8 Å². The Morgan fingerprint density at radius 1 is 0.978 bits per heavy atom. The number of unbranched alkanes of at least 4 members (excludes halogenated alkanes) is 1. The SMILES string of the molecule is CCCCOCCOc1ccc(-c2ccc3c(c2)C=C(C(=O)Nc2ccc(C(O)c4cccc[n+]4[O-])cc2)CCS3(=O)=O)cc1. The second-order valence-corrected chi connectivity index (χ2v) is 12.8. The van der Waals surface area contributed by atoms with E-state index in [1.54, 1.807) is 66.7 Å². The van der Waals surface area contributed by atoms with Crippen molar-refractivity contribution < 1.29 is 32.5 Å². The molecule has 1 unspecified atom stereocenters. The van der Waals surface area contributed by atoms with Crippen LogP contribution in [-0.4, -0.2) is 45.0 Å². The van der Waals surface area contributed by atoms with E-state index in [9.17, 15) is 23.5 Å². The number of hydrogen-bond donors (Lipinski definition) is 2. The van der Waals surface area contributed by atoms with Gasteiger partial charge in [0.05, 0.1) is 17.3 Å². The molecule has 0 saturated carbocycles. The molecule has 0 aliphatic carbocycles. The molecule has 9 nitrogen and oxygen atoms in total. The van der Waals surface area contributed by atoms with Crippen molar-refractivity contribution >= 4 is 27.5 Å². The summed E-state index contributed by atoms with van der Waals surface area (Å²) in [4.78, 5) is 13.5. The van der Waals surface area contributed by atoms with Crippen LogP contribution >= 0.6 is 0 Å². The van der Waals surface area contributed by atoms with Crippen LogP contribution in [0.4, 0.5) is 5.69 Å². The molecule has 2 heterocycles. The first kappa shape index (κ1) is 31.9. The minimum atomic E-state index is -3.61.